The van der Waals surface area contributed by atoms with Crippen LogP contribution in [0.1, 0.15) is 25.1 Å². The average molecular weight is 298 g/mol. The fourth-order valence-electron chi connectivity index (χ4n) is 1.72. The summed E-state index contributed by atoms with van der Waals surface area (Å²) in [5.41, 5.74) is 2.04. The van der Waals surface area contributed by atoms with Crippen molar-refractivity contribution >= 4 is 23.2 Å². The largest absolute Gasteiger partial charge is 0.309 e. The van der Waals surface area contributed by atoms with Crippen LogP contribution < -0.4 is 5.32 Å². The Morgan fingerprint density at radius 2 is 2.05 bits per heavy atom. The lowest BCUT2D eigenvalue weighted by Crippen LogP contribution is -2.22. The molecule has 102 valence electrons. The van der Waals surface area contributed by atoms with Crippen LogP contribution in [0.5, 0.6) is 0 Å². The van der Waals surface area contributed by atoms with E-state index in [-0.39, 0.29) is 0 Å². The highest BCUT2D eigenvalue weighted by atomic mass is 35.5. The summed E-state index contributed by atoms with van der Waals surface area (Å²) in [4.78, 5) is 0. The van der Waals surface area contributed by atoms with Gasteiger partial charge in [0.2, 0.25) is 0 Å². The van der Waals surface area contributed by atoms with Gasteiger partial charge in [-0.2, -0.15) is 5.10 Å². The molecule has 0 saturated heterocycles. The average Bonchev–Trinajstić information content (AvgIpc) is 2.78. The number of aromatic nitrogens is 2. The number of hydrogen-bond donors (Lipinski definition) is 1. The van der Waals surface area contributed by atoms with E-state index in [4.69, 9.17) is 23.2 Å². The molecule has 0 spiro atoms. The highest BCUT2D eigenvalue weighted by molar-refractivity contribution is 6.35. The van der Waals surface area contributed by atoms with Crippen molar-refractivity contribution in [2.24, 2.45) is 0 Å². The maximum Gasteiger partial charge on any atom is 0.0762 e. The van der Waals surface area contributed by atoms with E-state index < -0.39 is 0 Å². The van der Waals surface area contributed by atoms with Crippen LogP contribution in [0.25, 0.3) is 0 Å². The van der Waals surface area contributed by atoms with E-state index in [9.17, 15) is 0 Å². The van der Waals surface area contributed by atoms with Gasteiger partial charge < -0.3 is 5.32 Å². The van der Waals surface area contributed by atoms with Gasteiger partial charge in [0.05, 0.1) is 12.2 Å². The Hall–Kier alpha value is -1.03. The Morgan fingerprint density at radius 3 is 2.74 bits per heavy atom. The van der Waals surface area contributed by atoms with Gasteiger partial charge in [-0.25, -0.2) is 0 Å². The zero-order valence-corrected chi connectivity index (χ0v) is 12.5. The topological polar surface area (TPSA) is 29.9 Å². The Labute approximate surface area is 123 Å². The molecule has 1 N–H and O–H groups in total. The molecule has 0 radical (unpaired) electrons. The molecule has 0 fully saturated rings. The third-order valence-corrected chi connectivity index (χ3v) is 3.32. The van der Waals surface area contributed by atoms with Gasteiger partial charge in [-0.3, -0.25) is 4.68 Å². The Bertz CT molecular complexity index is 549. The summed E-state index contributed by atoms with van der Waals surface area (Å²) >= 11 is 12.0. The van der Waals surface area contributed by atoms with E-state index in [1.807, 2.05) is 29.1 Å². The molecule has 0 unspecified atom stereocenters. The lowest BCUT2D eigenvalue weighted by molar-refractivity contribution is 0.570. The van der Waals surface area contributed by atoms with Gasteiger partial charge in [-0.05, 0) is 23.8 Å². The molecule has 0 aliphatic rings. The molecule has 1 aromatic heterocycles. The van der Waals surface area contributed by atoms with Crippen LogP contribution in [0.15, 0.2) is 30.5 Å². The number of halogens is 2. The van der Waals surface area contributed by atoms with Gasteiger partial charge in [0.1, 0.15) is 0 Å². The van der Waals surface area contributed by atoms with Crippen LogP contribution in [0.2, 0.25) is 10.0 Å². The van der Waals surface area contributed by atoms with Gasteiger partial charge in [-0.1, -0.05) is 43.1 Å². The summed E-state index contributed by atoms with van der Waals surface area (Å²) in [6.07, 6.45) is 1.96. The van der Waals surface area contributed by atoms with Crippen LogP contribution in [0, 0.1) is 0 Å². The minimum atomic E-state index is 0.454. The number of nitrogens with zero attached hydrogens (tertiary/aromatic N) is 2. The Balaban J connectivity index is 2.03. The van der Waals surface area contributed by atoms with E-state index in [0.717, 1.165) is 17.8 Å². The van der Waals surface area contributed by atoms with Gasteiger partial charge in [-0.15, -0.1) is 0 Å². The zero-order valence-electron chi connectivity index (χ0n) is 11.0. The quantitative estimate of drug-likeness (QED) is 0.911. The molecule has 2 rings (SSSR count). The van der Waals surface area contributed by atoms with E-state index in [0.29, 0.717) is 22.6 Å². The van der Waals surface area contributed by atoms with Crippen LogP contribution in [-0.2, 0) is 13.1 Å². The predicted octanol–water partition coefficient (Wildman–Crippen LogP) is 3.74. The third-order valence-electron chi connectivity index (χ3n) is 2.73. The minimum Gasteiger partial charge on any atom is -0.309 e. The first kappa shape index (κ1) is 14.4. The van der Waals surface area contributed by atoms with Gasteiger partial charge >= 0.3 is 0 Å². The summed E-state index contributed by atoms with van der Waals surface area (Å²) in [5, 5.41) is 9.16. The lowest BCUT2D eigenvalue weighted by Gasteiger charge is -2.06. The second kappa shape index (κ2) is 6.42. The smallest absolute Gasteiger partial charge is 0.0762 e. The fraction of sp³-hybridized carbons (Fsp3) is 0.357. The number of nitrogens with one attached hydrogen (secondary N) is 1. The number of benzene rings is 1. The predicted molar refractivity (Wildman–Crippen MR) is 79.8 cm³/mol. The van der Waals surface area contributed by atoms with Crippen molar-refractivity contribution in [1.82, 2.24) is 15.1 Å². The van der Waals surface area contributed by atoms with Gasteiger partial charge in [0.25, 0.3) is 0 Å². The van der Waals surface area contributed by atoms with Crippen molar-refractivity contribution in [2.75, 3.05) is 0 Å². The molecule has 5 heteroatoms. The maximum absolute atomic E-state index is 6.15. The molecule has 1 aromatic carbocycles. The molecule has 0 amide bonds. The standard InChI is InChI=1S/C14H17Cl2N3/c1-10(2)17-8-13-5-6-19(18-13)9-11-3-4-12(15)7-14(11)16/h3-7,10,17H,8-9H2,1-2H3. The molecular formula is C14H17Cl2N3. The summed E-state index contributed by atoms with van der Waals surface area (Å²) < 4.78 is 1.88. The first-order valence-electron chi connectivity index (χ1n) is 6.24. The molecule has 0 bridgehead atoms. The molecular weight excluding hydrogens is 281 g/mol. The number of hydrogen-bond acceptors (Lipinski definition) is 2. The van der Waals surface area contributed by atoms with E-state index in [1.54, 1.807) is 6.07 Å². The lowest BCUT2D eigenvalue weighted by atomic mass is 10.2. The highest BCUT2D eigenvalue weighted by Crippen LogP contribution is 2.21. The third kappa shape index (κ3) is 4.23. The summed E-state index contributed by atoms with van der Waals surface area (Å²) in [7, 11) is 0. The molecule has 3 nitrogen and oxygen atoms in total. The monoisotopic (exact) mass is 297 g/mol. The summed E-state index contributed by atoms with van der Waals surface area (Å²) in [6.45, 7) is 5.66. The van der Waals surface area contributed by atoms with Crippen molar-refractivity contribution < 1.29 is 0 Å². The Kier molecular flexibility index (Phi) is 4.86. The Morgan fingerprint density at radius 1 is 1.26 bits per heavy atom. The van der Waals surface area contributed by atoms with Crippen molar-refractivity contribution in [1.29, 1.82) is 0 Å². The SMILES string of the molecule is CC(C)NCc1ccn(Cc2ccc(Cl)cc2Cl)n1. The molecule has 0 atom stereocenters. The summed E-state index contributed by atoms with van der Waals surface area (Å²) in [5.74, 6) is 0. The van der Waals surface area contributed by atoms with Crippen LogP contribution >= 0.6 is 23.2 Å². The van der Waals surface area contributed by atoms with Gasteiger partial charge in [0.15, 0.2) is 0 Å². The second-order valence-corrected chi connectivity index (χ2v) is 5.62. The van der Waals surface area contributed by atoms with Crippen LogP contribution in [0.4, 0.5) is 0 Å². The van der Waals surface area contributed by atoms with E-state index >= 15 is 0 Å². The maximum atomic E-state index is 6.15. The molecule has 19 heavy (non-hydrogen) atoms. The molecule has 0 aliphatic heterocycles. The van der Waals surface area contributed by atoms with Crippen molar-refractivity contribution in [3.8, 4) is 0 Å². The zero-order chi connectivity index (χ0) is 13.8. The minimum absolute atomic E-state index is 0.454. The van der Waals surface area contributed by atoms with Gasteiger partial charge in [0, 0.05) is 28.8 Å². The molecule has 1 heterocycles. The van der Waals surface area contributed by atoms with Crippen LogP contribution in [0.3, 0.4) is 0 Å². The van der Waals surface area contributed by atoms with E-state index in [1.165, 1.54) is 0 Å². The summed E-state index contributed by atoms with van der Waals surface area (Å²) in [6, 6.07) is 7.99. The first-order valence-corrected chi connectivity index (χ1v) is 7.00. The van der Waals surface area contributed by atoms with E-state index in [2.05, 4.69) is 24.3 Å². The highest BCUT2D eigenvalue weighted by Gasteiger charge is 2.04. The first-order chi connectivity index (χ1) is 9.04. The number of rotatable bonds is 5. The van der Waals surface area contributed by atoms with Crippen molar-refractivity contribution in [3.63, 3.8) is 0 Å². The van der Waals surface area contributed by atoms with Crippen LogP contribution in [-0.4, -0.2) is 15.8 Å². The molecule has 2 aromatic rings. The van der Waals surface area contributed by atoms with Crippen molar-refractivity contribution in [3.05, 3.63) is 51.8 Å². The molecule has 0 aliphatic carbocycles. The van der Waals surface area contributed by atoms with Crippen molar-refractivity contribution in [2.45, 2.75) is 33.0 Å². The molecule has 0 saturated carbocycles. The fourth-order valence-corrected chi connectivity index (χ4v) is 2.19. The second-order valence-electron chi connectivity index (χ2n) is 4.78. The normalized spacial score (nSPS) is 11.2.